The molecule has 0 saturated carbocycles. The molecule has 0 amide bonds. The zero-order chi connectivity index (χ0) is 35.6. The molecule has 1 unspecified atom stereocenters. The molecule has 0 aliphatic carbocycles. The van der Waals surface area contributed by atoms with E-state index < -0.39 is 0 Å². The summed E-state index contributed by atoms with van der Waals surface area (Å²) in [6.07, 6.45) is 10.2. The first-order valence-corrected chi connectivity index (χ1v) is 17.8. The average Bonchev–Trinajstić information content (AvgIpc) is 3.24. The number of fused-ring (bicyclic) bond motifs is 1. The number of rotatable bonds is 7. The molecule has 0 saturated heterocycles. The van der Waals surface area contributed by atoms with Crippen LogP contribution in [0.4, 0.5) is 0 Å². The van der Waals surface area contributed by atoms with Crippen LogP contribution in [-0.2, 0) is 5.54 Å². The number of pyridine rings is 1. The number of dihydropyridines is 1. The monoisotopic (exact) mass is 681 g/mol. The third-order valence-corrected chi connectivity index (χ3v) is 9.86. The lowest BCUT2D eigenvalue weighted by Gasteiger charge is -2.30. The number of benzene rings is 6. The van der Waals surface area contributed by atoms with Gasteiger partial charge in [0.1, 0.15) is 0 Å². The van der Waals surface area contributed by atoms with Gasteiger partial charge in [-0.05, 0) is 100 Å². The fourth-order valence-electron chi connectivity index (χ4n) is 6.97. The minimum Gasteiger partial charge on any atom is -0.378 e. The molecule has 1 atom stereocenters. The summed E-state index contributed by atoms with van der Waals surface area (Å²) in [5.74, 6) is 1.92. The van der Waals surface area contributed by atoms with Gasteiger partial charge < -0.3 is 5.32 Å². The second kappa shape index (κ2) is 13.6. The Hall–Kier alpha value is -6.98. The molecule has 0 fully saturated rings. The molecule has 5 nitrogen and oxygen atoms in total. The molecule has 2 aromatic heterocycles. The number of nitrogens with one attached hydrogen (secondary N) is 1. The largest absolute Gasteiger partial charge is 0.378 e. The molecule has 1 N–H and O–H groups in total. The van der Waals surface area contributed by atoms with Gasteiger partial charge in [0, 0.05) is 28.5 Å². The molecular formula is C48H35N5. The predicted octanol–water partition coefficient (Wildman–Crippen LogP) is 11.3. The van der Waals surface area contributed by atoms with Crippen molar-refractivity contribution in [2.45, 2.75) is 12.5 Å². The third-order valence-electron chi connectivity index (χ3n) is 9.86. The smallest absolute Gasteiger partial charge is 0.164 e. The maximum Gasteiger partial charge on any atom is 0.164 e. The minimum absolute atomic E-state index is 0.380. The van der Waals surface area contributed by atoms with E-state index in [1.807, 2.05) is 91.3 Å². The second-order valence-electron chi connectivity index (χ2n) is 13.4. The van der Waals surface area contributed by atoms with E-state index in [1.165, 1.54) is 10.8 Å². The van der Waals surface area contributed by atoms with Crippen molar-refractivity contribution >= 4 is 10.8 Å². The summed E-state index contributed by atoms with van der Waals surface area (Å²) in [6, 6.07) is 54.8. The van der Waals surface area contributed by atoms with Gasteiger partial charge in [-0.2, -0.15) is 0 Å². The van der Waals surface area contributed by atoms with Crippen LogP contribution in [0.2, 0.25) is 0 Å². The molecule has 6 aromatic carbocycles. The Kier molecular flexibility index (Phi) is 8.22. The van der Waals surface area contributed by atoms with Crippen LogP contribution in [0.3, 0.4) is 0 Å². The Bertz CT molecular complexity index is 2580. The molecule has 0 spiro atoms. The molecule has 53 heavy (non-hydrogen) atoms. The van der Waals surface area contributed by atoms with Crippen molar-refractivity contribution in [2.75, 3.05) is 0 Å². The highest BCUT2D eigenvalue weighted by atomic mass is 15.0. The molecule has 0 radical (unpaired) electrons. The highest BCUT2D eigenvalue weighted by Gasteiger charge is 2.25. The van der Waals surface area contributed by atoms with Crippen LogP contribution in [0.5, 0.6) is 0 Å². The van der Waals surface area contributed by atoms with E-state index >= 15 is 0 Å². The molecule has 1 aliphatic heterocycles. The summed E-state index contributed by atoms with van der Waals surface area (Å²) in [6.45, 7) is 2.21. The van der Waals surface area contributed by atoms with Crippen molar-refractivity contribution < 1.29 is 0 Å². The third kappa shape index (κ3) is 6.41. The number of hydrogen-bond acceptors (Lipinski definition) is 5. The zero-order valence-electron chi connectivity index (χ0n) is 29.2. The van der Waals surface area contributed by atoms with E-state index in [2.05, 4.69) is 109 Å². The van der Waals surface area contributed by atoms with Crippen LogP contribution in [0.1, 0.15) is 12.5 Å². The first kappa shape index (κ1) is 32.0. The highest BCUT2D eigenvalue weighted by molar-refractivity contribution is 5.97. The van der Waals surface area contributed by atoms with Gasteiger partial charge in [-0.3, -0.25) is 4.98 Å². The topological polar surface area (TPSA) is 63.6 Å². The quantitative estimate of drug-likeness (QED) is 0.181. The van der Waals surface area contributed by atoms with Crippen LogP contribution < -0.4 is 5.32 Å². The van der Waals surface area contributed by atoms with Gasteiger partial charge in [-0.1, -0.05) is 127 Å². The van der Waals surface area contributed by atoms with Crippen LogP contribution in [-0.4, -0.2) is 19.9 Å². The Labute approximate surface area is 309 Å². The summed E-state index contributed by atoms with van der Waals surface area (Å²) in [4.78, 5) is 19.5. The van der Waals surface area contributed by atoms with Gasteiger partial charge in [-0.15, -0.1) is 0 Å². The Morgan fingerprint density at radius 2 is 0.981 bits per heavy atom. The van der Waals surface area contributed by atoms with E-state index in [0.29, 0.717) is 17.5 Å². The highest BCUT2D eigenvalue weighted by Crippen LogP contribution is 2.40. The number of allylic oxidation sites excluding steroid dienone is 2. The van der Waals surface area contributed by atoms with Gasteiger partial charge in [-0.25, -0.2) is 15.0 Å². The zero-order valence-corrected chi connectivity index (χ0v) is 29.2. The molecule has 252 valence electrons. The van der Waals surface area contributed by atoms with Crippen molar-refractivity contribution in [2.24, 2.45) is 0 Å². The second-order valence-corrected chi connectivity index (χ2v) is 13.4. The van der Waals surface area contributed by atoms with E-state index in [1.54, 1.807) is 0 Å². The summed E-state index contributed by atoms with van der Waals surface area (Å²) in [7, 11) is 0. The van der Waals surface area contributed by atoms with Gasteiger partial charge >= 0.3 is 0 Å². The van der Waals surface area contributed by atoms with Crippen molar-refractivity contribution in [3.05, 3.63) is 194 Å². The van der Waals surface area contributed by atoms with E-state index in [0.717, 1.165) is 55.8 Å². The fraction of sp³-hybridized carbons (Fsp3) is 0.0417. The minimum atomic E-state index is -0.380. The SMILES string of the molecule is CC1(c2cc(-c3ccccn3)cc(-c3cc4ccccc4cc3-c3ccc(-c4nc(-c5ccccc5)nc(-c5ccccc5)n4)cc3)c2)C=CC=CN1. The lowest BCUT2D eigenvalue weighted by Crippen LogP contribution is -2.35. The van der Waals surface area contributed by atoms with Crippen LogP contribution in [0, 0.1) is 0 Å². The molecule has 3 heterocycles. The summed E-state index contributed by atoms with van der Waals surface area (Å²) in [5, 5.41) is 5.96. The number of nitrogens with zero attached hydrogens (tertiary/aromatic N) is 4. The van der Waals surface area contributed by atoms with Crippen molar-refractivity contribution in [1.82, 2.24) is 25.3 Å². The van der Waals surface area contributed by atoms with Crippen LogP contribution >= 0.6 is 0 Å². The number of hydrogen-bond donors (Lipinski definition) is 1. The summed E-state index contributed by atoms with van der Waals surface area (Å²) < 4.78 is 0. The maximum absolute atomic E-state index is 4.96. The van der Waals surface area contributed by atoms with Gasteiger partial charge in [0.25, 0.3) is 0 Å². The van der Waals surface area contributed by atoms with Crippen LogP contribution in [0.25, 0.3) is 78.4 Å². The number of aromatic nitrogens is 4. The van der Waals surface area contributed by atoms with E-state index in [-0.39, 0.29) is 5.54 Å². The predicted molar refractivity (Wildman–Crippen MR) is 217 cm³/mol. The maximum atomic E-state index is 4.96. The lowest BCUT2D eigenvalue weighted by atomic mass is 9.84. The summed E-state index contributed by atoms with van der Waals surface area (Å²) >= 11 is 0. The molecule has 9 rings (SSSR count). The Morgan fingerprint density at radius 3 is 1.55 bits per heavy atom. The Morgan fingerprint density at radius 1 is 0.453 bits per heavy atom. The van der Waals surface area contributed by atoms with Gasteiger partial charge in [0.2, 0.25) is 0 Å². The summed E-state index contributed by atoms with van der Waals surface area (Å²) in [5.41, 5.74) is 10.1. The first-order valence-electron chi connectivity index (χ1n) is 17.8. The van der Waals surface area contributed by atoms with Crippen LogP contribution in [0.15, 0.2) is 188 Å². The van der Waals surface area contributed by atoms with Gasteiger partial charge in [0.05, 0.1) is 11.2 Å². The molecular weight excluding hydrogens is 647 g/mol. The van der Waals surface area contributed by atoms with E-state index in [9.17, 15) is 0 Å². The van der Waals surface area contributed by atoms with Crippen molar-refractivity contribution in [3.8, 4) is 67.7 Å². The van der Waals surface area contributed by atoms with E-state index in [4.69, 9.17) is 19.9 Å². The standard InChI is InChI=1S/C48H35N5/c1-48(25-11-13-27-50-48)41-29-39(28-40(30-41)44-20-10-12-26-49-44)43-32-38-19-9-8-18-37(38)31-42(43)33-21-23-36(24-22-33)47-52-45(34-14-4-2-5-15-34)51-46(53-47)35-16-6-3-7-17-35/h2-32,50H,1H3. The molecule has 8 aromatic rings. The van der Waals surface area contributed by atoms with Gasteiger partial charge in [0.15, 0.2) is 17.5 Å². The average molecular weight is 682 g/mol. The fourth-order valence-corrected chi connectivity index (χ4v) is 6.97. The molecule has 5 heteroatoms. The molecule has 0 bridgehead atoms. The molecule has 1 aliphatic rings. The lowest BCUT2D eigenvalue weighted by molar-refractivity contribution is 0.524. The first-order chi connectivity index (χ1) is 26.1. The van der Waals surface area contributed by atoms with Crippen molar-refractivity contribution in [3.63, 3.8) is 0 Å². The normalized spacial score (nSPS) is 15.0. The Balaban J connectivity index is 1.19. The van der Waals surface area contributed by atoms with Crippen molar-refractivity contribution in [1.29, 1.82) is 0 Å².